The van der Waals surface area contributed by atoms with Gasteiger partial charge in [-0.15, -0.1) is 11.3 Å². The van der Waals surface area contributed by atoms with Gasteiger partial charge in [0.1, 0.15) is 23.1 Å². The van der Waals surface area contributed by atoms with E-state index in [1.54, 1.807) is 17.5 Å². The molecule has 1 aliphatic rings. The van der Waals surface area contributed by atoms with E-state index >= 15 is 0 Å². The molecule has 1 aliphatic heterocycles. The van der Waals surface area contributed by atoms with Gasteiger partial charge < -0.3 is 14.7 Å². The molecule has 0 unspecified atom stereocenters. The monoisotopic (exact) mass is 364 g/mol. The first-order valence-electron chi connectivity index (χ1n) is 7.86. The number of aromatic nitrogens is 1. The lowest BCUT2D eigenvalue weighted by Gasteiger charge is -2.32. The van der Waals surface area contributed by atoms with E-state index in [0.29, 0.717) is 36.6 Å². The number of nitrogens with zero attached hydrogens (tertiary/aromatic N) is 2. The van der Waals surface area contributed by atoms with Crippen molar-refractivity contribution in [3.8, 4) is 10.6 Å². The first-order valence-corrected chi connectivity index (χ1v) is 8.74. The molecule has 6 nitrogen and oxygen atoms in total. The Labute approximate surface area is 147 Å². The third-order valence-electron chi connectivity index (χ3n) is 4.01. The molecular weight excluding hydrogens is 347 g/mol. The van der Waals surface area contributed by atoms with E-state index in [1.807, 2.05) is 0 Å². The summed E-state index contributed by atoms with van der Waals surface area (Å²) >= 11 is 1.27. The zero-order valence-corrected chi connectivity index (χ0v) is 14.2. The molecule has 0 atom stereocenters. The van der Waals surface area contributed by atoms with Gasteiger partial charge in [0.25, 0.3) is 5.91 Å². The second-order valence-corrected chi connectivity index (χ2v) is 6.57. The Balaban J connectivity index is 1.81. The fourth-order valence-corrected chi connectivity index (χ4v) is 3.55. The van der Waals surface area contributed by atoms with Crippen molar-refractivity contribution in [3.05, 3.63) is 41.2 Å². The summed E-state index contributed by atoms with van der Waals surface area (Å²) in [4.78, 5) is 29.6. The van der Waals surface area contributed by atoms with Gasteiger partial charge in [-0.2, -0.15) is 0 Å². The van der Waals surface area contributed by atoms with E-state index in [9.17, 15) is 14.0 Å². The van der Waals surface area contributed by atoms with E-state index in [1.165, 1.54) is 28.4 Å². The van der Waals surface area contributed by atoms with Crippen LogP contribution in [0.3, 0.4) is 0 Å². The van der Waals surface area contributed by atoms with Gasteiger partial charge in [-0.3, -0.25) is 9.59 Å². The lowest BCUT2D eigenvalue weighted by Crippen LogP contribution is -2.46. The van der Waals surface area contributed by atoms with Gasteiger partial charge in [0, 0.05) is 30.2 Å². The van der Waals surface area contributed by atoms with Crippen LogP contribution < -0.4 is 0 Å². The molecule has 2 heterocycles. The van der Waals surface area contributed by atoms with Gasteiger partial charge in [0.05, 0.1) is 0 Å². The predicted molar refractivity (Wildman–Crippen MR) is 90.0 cm³/mol. The van der Waals surface area contributed by atoms with Crippen LogP contribution in [0, 0.1) is 5.82 Å². The molecule has 1 amide bonds. The summed E-state index contributed by atoms with van der Waals surface area (Å²) in [7, 11) is 0. The molecule has 3 rings (SSSR count). The normalized spacial score (nSPS) is 15.1. The number of ether oxygens (including phenoxy) is 1. The molecule has 1 aromatic heterocycles. The number of carboxylic acid groups (broad SMARTS) is 1. The molecule has 8 heteroatoms. The van der Waals surface area contributed by atoms with Crippen molar-refractivity contribution in [2.75, 3.05) is 19.8 Å². The molecule has 0 aliphatic carbocycles. The largest absolute Gasteiger partial charge is 0.480 e. The zero-order valence-electron chi connectivity index (χ0n) is 13.4. The first-order chi connectivity index (χ1) is 12.0. The topological polar surface area (TPSA) is 79.7 Å². The number of rotatable bonds is 5. The van der Waals surface area contributed by atoms with Gasteiger partial charge in [0.15, 0.2) is 0 Å². The fraction of sp³-hybridized carbons (Fsp3) is 0.353. The summed E-state index contributed by atoms with van der Waals surface area (Å²) in [6.07, 6.45) is 1.21. The third-order valence-corrected chi connectivity index (χ3v) is 4.90. The minimum atomic E-state index is -1.06. The Hall–Kier alpha value is -2.32. The van der Waals surface area contributed by atoms with Crippen LogP contribution in [0.15, 0.2) is 29.6 Å². The molecular formula is C17H17FN2O4S. The van der Waals surface area contributed by atoms with Crippen molar-refractivity contribution in [1.29, 1.82) is 0 Å². The summed E-state index contributed by atoms with van der Waals surface area (Å²) in [6.45, 7) is 0.644. The quantitative estimate of drug-likeness (QED) is 0.882. The standard InChI is InChI=1S/C17H17FN2O4S/c18-12-3-1-11(2-4-12)16-19-14(10-25-16)17(23)20(9-15(21)22)13-5-7-24-8-6-13/h1-4,10,13H,5-9H2,(H,21,22). The van der Waals surface area contributed by atoms with E-state index < -0.39 is 11.9 Å². The summed E-state index contributed by atoms with van der Waals surface area (Å²) in [6, 6.07) is 5.67. The summed E-state index contributed by atoms with van der Waals surface area (Å²) < 4.78 is 18.3. The number of carboxylic acids is 1. The SMILES string of the molecule is O=C(O)CN(C(=O)c1csc(-c2ccc(F)cc2)n1)C1CCOCC1. The number of thiazole rings is 1. The average molecular weight is 364 g/mol. The van der Waals surface area contributed by atoms with Crippen molar-refractivity contribution >= 4 is 23.2 Å². The molecule has 0 radical (unpaired) electrons. The molecule has 0 bridgehead atoms. The fourth-order valence-electron chi connectivity index (χ4n) is 2.75. The number of hydrogen-bond acceptors (Lipinski definition) is 5. The Kier molecular flexibility index (Phi) is 5.40. The number of benzene rings is 1. The van der Waals surface area contributed by atoms with E-state index in [4.69, 9.17) is 9.84 Å². The maximum absolute atomic E-state index is 13.0. The van der Waals surface area contributed by atoms with E-state index in [-0.39, 0.29) is 24.1 Å². The van der Waals surface area contributed by atoms with Crippen molar-refractivity contribution in [2.45, 2.75) is 18.9 Å². The van der Waals surface area contributed by atoms with Crippen LogP contribution in [0.25, 0.3) is 10.6 Å². The molecule has 1 fully saturated rings. The molecule has 2 aromatic rings. The Bertz CT molecular complexity index is 756. The maximum Gasteiger partial charge on any atom is 0.323 e. The number of halogens is 1. The van der Waals surface area contributed by atoms with Crippen molar-refractivity contribution in [3.63, 3.8) is 0 Å². The molecule has 132 valence electrons. The maximum atomic E-state index is 13.0. The molecule has 0 saturated carbocycles. The summed E-state index contributed by atoms with van der Waals surface area (Å²) in [5, 5.41) is 11.3. The Morgan fingerprint density at radius 3 is 2.60 bits per heavy atom. The highest BCUT2D eigenvalue weighted by Gasteiger charge is 2.29. The number of hydrogen-bond donors (Lipinski definition) is 1. The summed E-state index contributed by atoms with van der Waals surface area (Å²) in [5.74, 6) is -1.81. The number of amides is 1. The Morgan fingerprint density at radius 2 is 1.96 bits per heavy atom. The van der Waals surface area contributed by atoms with Crippen LogP contribution in [0.2, 0.25) is 0 Å². The number of aliphatic carboxylic acids is 1. The highest BCUT2D eigenvalue weighted by atomic mass is 32.1. The lowest BCUT2D eigenvalue weighted by atomic mass is 10.1. The van der Waals surface area contributed by atoms with Crippen molar-refractivity contribution in [2.24, 2.45) is 0 Å². The second kappa shape index (κ2) is 7.71. The highest BCUT2D eigenvalue weighted by molar-refractivity contribution is 7.13. The van der Waals surface area contributed by atoms with Gasteiger partial charge >= 0.3 is 5.97 Å². The first kappa shape index (κ1) is 17.5. The van der Waals surface area contributed by atoms with Gasteiger partial charge in [-0.25, -0.2) is 9.37 Å². The minimum absolute atomic E-state index is 0.173. The zero-order chi connectivity index (χ0) is 17.8. The van der Waals surface area contributed by atoms with Gasteiger partial charge in [-0.05, 0) is 37.1 Å². The second-order valence-electron chi connectivity index (χ2n) is 5.72. The molecule has 1 N–H and O–H groups in total. The van der Waals surface area contributed by atoms with Crippen LogP contribution in [0.5, 0.6) is 0 Å². The van der Waals surface area contributed by atoms with Crippen molar-refractivity contribution in [1.82, 2.24) is 9.88 Å². The van der Waals surface area contributed by atoms with Crippen LogP contribution in [0.1, 0.15) is 23.3 Å². The van der Waals surface area contributed by atoms with E-state index in [2.05, 4.69) is 4.98 Å². The molecule has 1 aromatic carbocycles. The average Bonchev–Trinajstić information content (AvgIpc) is 3.10. The number of carbonyl (C=O) groups excluding carboxylic acids is 1. The van der Waals surface area contributed by atoms with E-state index in [0.717, 1.165) is 0 Å². The smallest absolute Gasteiger partial charge is 0.323 e. The highest BCUT2D eigenvalue weighted by Crippen LogP contribution is 2.25. The van der Waals surface area contributed by atoms with Crippen LogP contribution in [0.4, 0.5) is 4.39 Å². The summed E-state index contributed by atoms with van der Waals surface area (Å²) in [5.41, 5.74) is 0.915. The van der Waals surface area contributed by atoms with Crippen LogP contribution in [-0.4, -0.2) is 52.7 Å². The number of carbonyl (C=O) groups is 2. The molecule has 1 saturated heterocycles. The molecule has 25 heavy (non-hydrogen) atoms. The van der Waals surface area contributed by atoms with Crippen molar-refractivity contribution < 1.29 is 23.8 Å². The Morgan fingerprint density at radius 1 is 1.28 bits per heavy atom. The van der Waals surface area contributed by atoms with Gasteiger partial charge in [0.2, 0.25) is 0 Å². The van der Waals surface area contributed by atoms with Gasteiger partial charge in [-0.1, -0.05) is 0 Å². The predicted octanol–water partition coefficient (Wildman–Crippen LogP) is 2.66. The molecule has 0 spiro atoms. The van der Waals surface area contributed by atoms with Crippen LogP contribution in [-0.2, 0) is 9.53 Å². The lowest BCUT2D eigenvalue weighted by molar-refractivity contribution is -0.138. The minimum Gasteiger partial charge on any atom is -0.480 e. The van der Waals surface area contributed by atoms with Crippen LogP contribution >= 0.6 is 11.3 Å². The third kappa shape index (κ3) is 4.21.